The van der Waals surface area contributed by atoms with Crippen molar-refractivity contribution in [3.63, 3.8) is 0 Å². The average molecular weight is 286 g/mol. The number of halogens is 1. The minimum Gasteiger partial charge on any atom is -0.352 e. The van der Waals surface area contributed by atoms with Gasteiger partial charge in [-0.2, -0.15) is 16.2 Å². The van der Waals surface area contributed by atoms with Gasteiger partial charge in [0.15, 0.2) is 0 Å². The topological polar surface area (TPSA) is 72.2 Å². The first-order valence-electron chi connectivity index (χ1n) is 5.77. The Hall–Kier alpha value is -1.63. The second kappa shape index (κ2) is 7.73. The number of amides is 1. The van der Waals surface area contributed by atoms with E-state index in [-0.39, 0.29) is 5.56 Å². The zero-order chi connectivity index (χ0) is 14.3. The first kappa shape index (κ1) is 15.4. The van der Waals surface area contributed by atoms with E-state index in [1.165, 1.54) is 6.07 Å². The van der Waals surface area contributed by atoms with Crippen molar-refractivity contribution in [3.05, 3.63) is 39.7 Å². The van der Waals surface area contributed by atoms with Crippen LogP contribution >= 0.6 is 11.8 Å². The lowest BCUT2D eigenvalue weighted by atomic mass is 10.2. The van der Waals surface area contributed by atoms with Gasteiger partial charge in [0, 0.05) is 18.2 Å². The van der Waals surface area contributed by atoms with Crippen LogP contribution in [0.4, 0.5) is 10.1 Å². The van der Waals surface area contributed by atoms with Crippen molar-refractivity contribution in [3.8, 4) is 0 Å². The van der Waals surface area contributed by atoms with E-state index in [9.17, 15) is 19.3 Å². The molecule has 0 aliphatic heterocycles. The maximum Gasteiger partial charge on any atom is 0.304 e. The molecular formula is C12H15FN2O3S. The van der Waals surface area contributed by atoms with E-state index in [1.54, 1.807) is 11.8 Å². The Bertz CT molecular complexity index is 468. The molecule has 0 saturated carbocycles. The second-order valence-corrected chi connectivity index (χ2v) is 4.86. The molecule has 0 aliphatic carbocycles. The van der Waals surface area contributed by atoms with Crippen LogP contribution in [0.3, 0.4) is 0 Å². The van der Waals surface area contributed by atoms with E-state index in [0.717, 1.165) is 30.7 Å². The molecule has 1 aromatic rings. The highest BCUT2D eigenvalue weighted by atomic mass is 32.2. The number of nitro groups is 1. The molecular weight excluding hydrogens is 271 g/mol. The van der Waals surface area contributed by atoms with Crippen molar-refractivity contribution in [2.24, 2.45) is 0 Å². The van der Waals surface area contributed by atoms with Crippen LogP contribution in [0.25, 0.3) is 0 Å². The van der Waals surface area contributed by atoms with Gasteiger partial charge in [-0.15, -0.1) is 0 Å². The van der Waals surface area contributed by atoms with Crippen molar-refractivity contribution < 1.29 is 14.1 Å². The molecule has 0 aliphatic rings. The molecule has 7 heteroatoms. The predicted octanol–water partition coefficient (Wildman–Crippen LogP) is 2.61. The lowest BCUT2D eigenvalue weighted by Gasteiger charge is -2.05. The highest BCUT2D eigenvalue weighted by molar-refractivity contribution is 7.98. The fourth-order valence-electron chi connectivity index (χ4n) is 1.47. The van der Waals surface area contributed by atoms with E-state index >= 15 is 0 Å². The zero-order valence-corrected chi connectivity index (χ0v) is 11.3. The number of carbonyl (C=O) groups excluding carboxylic acids is 1. The summed E-state index contributed by atoms with van der Waals surface area (Å²) in [6.45, 7) is 0.512. The van der Waals surface area contributed by atoms with Crippen LogP contribution in [-0.4, -0.2) is 29.4 Å². The summed E-state index contributed by atoms with van der Waals surface area (Å²) in [6, 6.07) is 3.13. The molecule has 0 aromatic heterocycles. The van der Waals surface area contributed by atoms with Gasteiger partial charge >= 0.3 is 5.69 Å². The van der Waals surface area contributed by atoms with Crippen LogP contribution in [0.1, 0.15) is 23.2 Å². The van der Waals surface area contributed by atoms with Gasteiger partial charge in [-0.1, -0.05) is 0 Å². The first-order chi connectivity index (χ1) is 9.06. The van der Waals surface area contributed by atoms with E-state index < -0.39 is 22.3 Å². The first-order valence-corrected chi connectivity index (χ1v) is 7.16. The van der Waals surface area contributed by atoms with Crippen LogP contribution in [-0.2, 0) is 0 Å². The summed E-state index contributed by atoms with van der Waals surface area (Å²) in [6.07, 6.45) is 3.86. The van der Waals surface area contributed by atoms with Gasteiger partial charge in [-0.05, 0) is 37.0 Å². The maximum atomic E-state index is 13.3. The predicted molar refractivity (Wildman–Crippen MR) is 73.0 cm³/mol. The van der Waals surface area contributed by atoms with Crippen molar-refractivity contribution in [1.82, 2.24) is 5.32 Å². The highest BCUT2D eigenvalue weighted by Gasteiger charge is 2.16. The molecule has 5 nitrogen and oxygen atoms in total. The molecule has 0 saturated heterocycles. The summed E-state index contributed by atoms with van der Waals surface area (Å²) in [5, 5.41) is 13.1. The number of nitrogens with one attached hydrogen (secondary N) is 1. The summed E-state index contributed by atoms with van der Waals surface area (Å²) in [5.74, 6) is -0.389. The van der Waals surface area contributed by atoms with Gasteiger partial charge in [0.1, 0.15) is 0 Å². The van der Waals surface area contributed by atoms with Gasteiger partial charge < -0.3 is 5.32 Å². The Morgan fingerprint density at radius 3 is 2.79 bits per heavy atom. The van der Waals surface area contributed by atoms with Gasteiger partial charge in [0.25, 0.3) is 5.91 Å². The standard InChI is InChI=1S/C12H15FN2O3S/c1-19-7-3-2-6-14-12(16)9-4-5-11(15(17)18)10(13)8-9/h4-5,8H,2-3,6-7H2,1H3,(H,14,16). The molecule has 104 valence electrons. The number of rotatable bonds is 7. The third-order valence-electron chi connectivity index (χ3n) is 2.47. The van der Waals surface area contributed by atoms with Crippen molar-refractivity contribution >= 4 is 23.4 Å². The van der Waals surface area contributed by atoms with Crippen LogP contribution in [0, 0.1) is 15.9 Å². The summed E-state index contributed by atoms with van der Waals surface area (Å²) in [4.78, 5) is 21.3. The van der Waals surface area contributed by atoms with Crippen molar-refractivity contribution in [2.75, 3.05) is 18.6 Å². The number of nitrogens with zero attached hydrogens (tertiary/aromatic N) is 1. The molecule has 0 atom stereocenters. The van der Waals surface area contributed by atoms with Crippen molar-refractivity contribution in [2.45, 2.75) is 12.8 Å². The molecule has 0 heterocycles. The molecule has 0 spiro atoms. The largest absolute Gasteiger partial charge is 0.352 e. The molecule has 0 radical (unpaired) electrons. The SMILES string of the molecule is CSCCCCNC(=O)c1ccc([N+](=O)[O-])c(F)c1. The molecule has 19 heavy (non-hydrogen) atoms. The van der Waals surface area contributed by atoms with Crippen LogP contribution in [0.2, 0.25) is 0 Å². The Balaban J connectivity index is 2.53. The summed E-state index contributed by atoms with van der Waals surface area (Å²) in [7, 11) is 0. The second-order valence-electron chi connectivity index (χ2n) is 3.88. The lowest BCUT2D eigenvalue weighted by molar-refractivity contribution is -0.387. The molecule has 0 bridgehead atoms. The minimum absolute atomic E-state index is 0.0907. The average Bonchev–Trinajstić information content (AvgIpc) is 2.37. The summed E-state index contributed by atoms with van der Waals surface area (Å²) in [5.41, 5.74) is -0.538. The molecule has 1 N–H and O–H groups in total. The molecule has 1 aromatic carbocycles. The Kier molecular flexibility index (Phi) is 6.27. The Morgan fingerprint density at radius 1 is 1.47 bits per heavy atom. The number of carbonyl (C=O) groups is 1. The third-order valence-corrected chi connectivity index (χ3v) is 3.16. The lowest BCUT2D eigenvalue weighted by Crippen LogP contribution is -2.24. The highest BCUT2D eigenvalue weighted by Crippen LogP contribution is 2.17. The quantitative estimate of drug-likeness (QED) is 0.475. The monoisotopic (exact) mass is 286 g/mol. The minimum atomic E-state index is -1.000. The number of hydrogen-bond donors (Lipinski definition) is 1. The number of benzene rings is 1. The van der Waals surface area contributed by atoms with Crippen LogP contribution in [0.15, 0.2) is 18.2 Å². The fraction of sp³-hybridized carbons (Fsp3) is 0.417. The van der Waals surface area contributed by atoms with E-state index in [0.29, 0.717) is 6.54 Å². The number of unbranched alkanes of at least 4 members (excludes halogenated alkanes) is 1. The number of hydrogen-bond acceptors (Lipinski definition) is 4. The summed E-state index contributed by atoms with van der Waals surface area (Å²) < 4.78 is 13.3. The van der Waals surface area contributed by atoms with Gasteiger partial charge in [0.2, 0.25) is 5.82 Å². The molecule has 0 fully saturated rings. The van der Waals surface area contributed by atoms with Crippen LogP contribution in [0.5, 0.6) is 0 Å². The van der Waals surface area contributed by atoms with Gasteiger partial charge in [-0.3, -0.25) is 14.9 Å². The van der Waals surface area contributed by atoms with E-state index in [2.05, 4.69) is 5.32 Å². The molecule has 0 unspecified atom stereocenters. The smallest absolute Gasteiger partial charge is 0.304 e. The van der Waals surface area contributed by atoms with Gasteiger partial charge in [-0.25, -0.2) is 0 Å². The van der Waals surface area contributed by atoms with E-state index in [4.69, 9.17) is 0 Å². The number of nitro benzene ring substituents is 1. The van der Waals surface area contributed by atoms with Gasteiger partial charge in [0.05, 0.1) is 4.92 Å². The normalized spacial score (nSPS) is 10.2. The maximum absolute atomic E-state index is 13.3. The van der Waals surface area contributed by atoms with E-state index in [1.807, 2.05) is 6.26 Å². The Labute approximate surface area is 114 Å². The summed E-state index contributed by atoms with van der Waals surface area (Å²) >= 11 is 1.74. The zero-order valence-electron chi connectivity index (χ0n) is 10.5. The van der Waals surface area contributed by atoms with Crippen molar-refractivity contribution in [1.29, 1.82) is 0 Å². The number of thioether (sulfide) groups is 1. The fourth-order valence-corrected chi connectivity index (χ4v) is 1.96. The Morgan fingerprint density at radius 2 is 2.21 bits per heavy atom. The van der Waals surface area contributed by atoms with Crippen LogP contribution < -0.4 is 5.32 Å². The molecule has 1 rings (SSSR count). The molecule has 1 amide bonds. The third kappa shape index (κ3) is 4.86.